The van der Waals surface area contributed by atoms with Crippen LogP contribution in [-0.2, 0) is 16.9 Å². The summed E-state index contributed by atoms with van der Waals surface area (Å²) >= 11 is 0. The Morgan fingerprint density at radius 3 is 2.06 bits per heavy atom. The van der Waals surface area contributed by atoms with Crippen LogP contribution in [0.1, 0.15) is 22.8 Å². The minimum Gasteiger partial charge on any atom is -0.497 e. The molecule has 1 aliphatic heterocycles. The molecule has 1 fully saturated rings. The predicted octanol–water partition coefficient (Wildman–Crippen LogP) is 4.29. The maximum Gasteiger partial charge on any atom is 0.413 e. The van der Waals surface area contributed by atoms with Gasteiger partial charge in [0.2, 0.25) is 5.72 Å². The monoisotopic (exact) mass is 419 g/mol. The molecule has 0 aromatic heterocycles. The van der Waals surface area contributed by atoms with Crippen LogP contribution in [0.4, 0.5) is 4.79 Å². The highest BCUT2D eigenvalue weighted by molar-refractivity contribution is 5.72. The van der Waals surface area contributed by atoms with E-state index in [1.807, 2.05) is 30.3 Å². The molecule has 2 atom stereocenters. The van der Waals surface area contributed by atoms with Gasteiger partial charge in [0.15, 0.2) is 6.10 Å². The first-order valence-electron chi connectivity index (χ1n) is 10.1. The van der Waals surface area contributed by atoms with Gasteiger partial charge in [-0.15, -0.1) is 0 Å². The number of hydrogen-bond acceptors (Lipinski definition) is 5. The van der Waals surface area contributed by atoms with Gasteiger partial charge in [0, 0.05) is 12.1 Å². The summed E-state index contributed by atoms with van der Waals surface area (Å²) in [6.45, 7) is 0.304. The first-order chi connectivity index (χ1) is 15.1. The Labute approximate surface area is 181 Å². The number of ether oxygens (including phenoxy) is 3. The van der Waals surface area contributed by atoms with Crippen LogP contribution in [0.15, 0.2) is 78.9 Å². The Kier molecular flexibility index (Phi) is 5.82. The molecule has 1 N–H and O–H groups in total. The van der Waals surface area contributed by atoms with Gasteiger partial charge in [0.25, 0.3) is 0 Å². The van der Waals surface area contributed by atoms with Crippen LogP contribution in [0.2, 0.25) is 0 Å². The van der Waals surface area contributed by atoms with Gasteiger partial charge in [0.05, 0.1) is 14.2 Å². The number of methoxy groups -OCH3 is 2. The number of aliphatic hydroxyl groups is 1. The second-order valence-corrected chi connectivity index (χ2v) is 7.38. The normalized spacial score (nSPS) is 20.4. The molecule has 1 saturated heterocycles. The Morgan fingerprint density at radius 2 is 1.48 bits per heavy atom. The summed E-state index contributed by atoms with van der Waals surface area (Å²) in [6, 6.07) is 24.0. The molecular weight excluding hydrogens is 394 g/mol. The number of benzene rings is 3. The maximum absolute atomic E-state index is 12.9. The van der Waals surface area contributed by atoms with Gasteiger partial charge < -0.3 is 19.3 Å². The van der Waals surface area contributed by atoms with Crippen LogP contribution < -0.4 is 9.47 Å². The second kappa shape index (κ2) is 8.70. The summed E-state index contributed by atoms with van der Waals surface area (Å²) in [5, 5.41) is 12.0. The lowest BCUT2D eigenvalue weighted by atomic mass is 9.91. The Balaban J connectivity index is 1.72. The lowest BCUT2D eigenvalue weighted by Crippen LogP contribution is -2.46. The van der Waals surface area contributed by atoms with Crippen molar-refractivity contribution < 1.29 is 24.1 Å². The van der Waals surface area contributed by atoms with E-state index in [9.17, 15) is 9.90 Å². The zero-order valence-electron chi connectivity index (χ0n) is 17.5. The van der Waals surface area contributed by atoms with Gasteiger partial charge in [-0.3, -0.25) is 4.90 Å². The smallest absolute Gasteiger partial charge is 0.413 e. The van der Waals surface area contributed by atoms with E-state index < -0.39 is 17.9 Å². The van der Waals surface area contributed by atoms with E-state index in [0.717, 1.165) is 5.56 Å². The van der Waals surface area contributed by atoms with Crippen LogP contribution in [0.3, 0.4) is 0 Å². The lowest BCUT2D eigenvalue weighted by Gasteiger charge is -2.35. The van der Waals surface area contributed by atoms with E-state index in [1.165, 1.54) is 4.90 Å². The van der Waals surface area contributed by atoms with Gasteiger partial charge in [-0.2, -0.15) is 0 Å². The third kappa shape index (κ3) is 3.94. The van der Waals surface area contributed by atoms with Crippen LogP contribution >= 0.6 is 0 Å². The quantitative estimate of drug-likeness (QED) is 0.619. The molecule has 1 aliphatic rings. The van der Waals surface area contributed by atoms with E-state index in [2.05, 4.69) is 0 Å². The van der Waals surface area contributed by atoms with Crippen LogP contribution in [0.5, 0.6) is 11.5 Å². The second-order valence-electron chi connectivity index (χ2n) is 7.38. The summed E-state index contributed by atoms with van der Waals surface area (Å²) in [5.74, 6) is 1.34. The first kappa shape index (κ1) is 20.8. The van der Waals surface area contributed by atoms with Crippen molar-refractivity contribution in [3.8, 4) is 11.5 Å². The van der Waals surface area contributed by atoms with Crippen LogP contribution in [0, 0.1) is 0 Å². The summed E-state index contributed by atoms with van der Waals surface area (Å²) in [6.07, 6.45) is -0.867. The van der Waals surface area contributed by atoms with Crippen molar-refractivity contribution in [2.45, 2.75) is 18.2 Å². The molecule has 0 saturated carbocycles. The van der Waals surface area contributed by atoms with E-state index in [-0.39, 0.29) is 0 Å². The highest BCUT2D eigenvalue weighted by atomic mass is 16.6. The molecule has 1 amide bonds. The standard InChI is InChI=1S/C25H25NO5/c1-29-21-12-8-19(9-13-21)23-25(28,20-10-14-22(30-2)15-11-20)26(24(27)31-23)17-16-18-6-4-3-5-7-18/h3-15,23,28H,16-17H2,1-2H3/t23-,25+/m0/s1. The zero-order valence-corrected chi connectivity index (χ0v) is 17.5. The maximum atomic E-state index is 12.9. The molecule has 0 spiro atoms. The first-order valence-corrected chi connectivity index (χ1v) is 10.1. The molecule has 3 aromatic carbocycles. The summed E-state index contributed by atoms with van der Waals surface area (Å²) in [4.78, 5) is 14.3. The van der Waals surface area contributed by atoms with E-state index >= 15 is 0 Å². The molecule has 1 heterocycles. The molecule has 0 bridgehead atoms. The number of cyclic esters (lactones) is 1. The molecule has 31 heavy (non-hydrogen) atoms. The third-order valence-corrected chi connectivity index (χ3v) is 5.62. The third-order valence-electron chi connectivity index (χ3n) is 5.62. The molecule has 3 aromatic rings. The fourth-order valence-corrected chi connectivity index (χ4v) is 3.90. The van der Waals surface area contributed by atoms with Crippen molar-refractivity contribution in [1.82, 2.24) is 4.90 Å². The van der Waals surface area contributed by atoms with Crippen molar-refractivity contribution in [2.24, 2.45) is 0 Å². The van der Waals surface area contributed by atoms with Crippen molar-refractivity contribution in [3.05, 3.63) is 95.6 Å². The minimum atomic E-state index is -1.67. The fraction of sp³-hybridized carbons (Fsp3) is 0.240. The average Bonchev–Trinajstić information content (AvgIpc) is 3.09. The molecular formula is C25H25NO5. The van der Waals surface area contributed by atoms with Crippen molar-refractivity contribution in [3.63, 3.8) is 0 Å². The SMILES string of the molecule is COc1ccc([C@@H]2OC(=O)N(CCc3ccccc3)[C@@]2(O)c2ccc(OC)cc2)cc1. The molecule has 6 heteroatoms. The van der Waals surface area contributed by atoms with Gasteiger partial charge in [0.1, 0.15) is 11.5 Å². The lowest BCUT2D eigenvalue weighted by molar-refractivity contribution is -0.109. The number of hydrogen-bond donors (Lipinski definition) is 1. The molecule has 4 rings (SSSR count). The molecule has 0 unspecified atom stereocenters. The number of rotatable bonds is 7. The Hall–Kier alpha value is -3.51. The minimum absolute atomic E-state index is 0.304. The summed E-state index contributed by atoms with van der Waals surface area (Å²) in [7, 11) is 3.17. The molecule has 0 aliphatic carbocycles. The molecule has 0 radical (unpaired) electrons. The van der Waals surface area contributed by atoms with Gasteiger partial charge >= 0.3 is 6.09 Å². The predicted molar refractivity (Wildman–Crippen MR) is 116 cm³/mol. The van der Waals surface area contributed by atoms with Crippen LogP contribution in [-0.4, -0.2) is 36.9 Å². The van der Waals surface area contributed by atoms with Gasteiger partial charge in [-0.05, 0) is 41.8 Å². The zero-order chi connectivity index (χ0) is 21.8. The average molecular weight is 419 g/mol. The van der Waals surface area contributed by atoms with E-state index in [1.54, 1.807) is 62.8 Å². The number of carbonyl (C=O) groups is 1. The Morgan fingerprint density at radius 1 is 0.903 bits per heavy atom. The highest BCUT2D eigenvalue weighted by Crippen LogP contribution is 2.47. The Bertz CT molecular complexity index is 1020. The number of nitrogens with zero attached hydrogens (tertiary/aromatic N) is 1. The molecule has 6 nitrogen and oxygen atoms in total. The largest absolute Gasteiger partial charge is 0.497 e. The number of carbonyl (C=O) groups excluding carboxylic acids is 1. The fourth-order valence-electron chi connectivity index (χ4n) is 3.90. The van der Waals surface area contributed by atoms with Gasteiger partial charge in [-0.1, -0.05) is 54.6 Å². The van der Waals surface area contributed by atoms with E-state index in [0.29, 0.717) is 35.6 Å². The van der Waals surface area contributed by atoms with Crippen LogP contribution in [0.25, 0.3) is 0 Å². The van der Waals surface area contributed by atoms with E-state index in [4.69, 9.17) is 14.2 Å². The van der Waals surface area contributed by atoms with Gasteiger partial charge in [-0.25, -0.2) is 4.79 Å². The van der Waals surface area contributed by atoms with Crippen molar-refractivity contribution in [1.29, 1.82) is 0 Å². The van der Waals surface area contributed by atoms with Crippen molar-refractivity contribution in [2.75, 3.05) is 20.8 Å². The van der Waals surface area contributed by atoms with Crippen molar-refractivity contribution >= 4 is 6.09 Å². The number of amides is 1. The topological polar surface area (TPSA) is 68.2 Å². The molecule has 160 valence electrons. The summed E-state index contributed by atoms with van der Waals surface area (Å²) in [5.41, 5.74) is 0.621. The summed E-state index contributed by atoms with van der Waals surface area (Å²) < 4.78 is 16.2. The highest BCUT2D eigenvalue weighted by Gasteiger charge is 2.55.